The number of carbonyl (C=O) groups is 1. The molecule has 0 bridgehead atoms. The van der Waals surface area contributed by atoms with Crippen molar-refractivity contribution in [2.45, 2.75) is 0 Å². The van der Waals surface area contributed by atoms with Crippen LogP contribution in [0, 0.1) is 5.82 Å². The molecule has 1 aromatic rings. The summed E-state index contributed by atoms with van der Waals surface area (Å²) in [6.07, 6.45) is 0. The molecule has 0 unspecified atom stereocenters. The van der Waals surface area contributed by atoms with E-state index in [4.69, 9.17) is 0 Å². The molecule has 0 saturated carbocycles. The number of hydrogen-bond acceptors (Lipinski definition) is 2. The van der Waals surface area contributed by atoms with E-state index in [0.29, 0.717) is 5.56 Å². The van der Waals surface area contributed by atoms with Gasteiger partial charge in [0.15, 0.2) is 0 Å². The second-order valence-corrected chi connectivity index (χ2v) is 2.00. The summed E-state index contributed by atoms with van der Waals surface area (Å²) in [6.45, 7) is 0. The fraction of sp³-hybridized carbons (Fsp3) is 0.125. The molecule has 4 heteroatoms. The van der Waals surface area contributed by atoms with Gasteiger partial charge in [-0.15, -0.1) is 0 Å². The van der Waals surface area contributed by atoms with Gasteiger partial charge >= 0.3 is 35.5 Å². The minimum atomic E-state index is -0.454. The summed E-state index contributed by atoms with van der Waals surface area (Å²) in [5.41, 5.74) is 0.355. The topological polar surface area (TPSA) is 26.3 Å². The van der Waals surface area contributed by atoms with Gasteiger partial charge in [0.1, 0.15) is 5.82 Å². The fourth-order valence-electron chi connectivity index (χ4n) is 0.704. The molecule has 1 rings (SSSR count). The van der Waals surface area contributed by atoms with Crippen LogP contribution in [0.5, 0.6) is 0 Å². The van der Waals surface area contributed by atoms with Gasteiger partial charge in [-0.1, -0.05) is 0 Å². The van der Waals surface area contributed by atoms with Crippen LogP contribution in [0.2, 0.25) is 0 Å². The first kappa shape index (κ1) is 11.6. The zero-order chi connectivity index (χ0) is 8.27. The van der Waals surface area contributed by atoms with Crippen molar-refractivity contribution in [1.82, 2.24) is 0 Å². The van der Waals surface area contributed by atoms with E-state index in [1.54, 1.807) is 0 Å². The standard InChI is InChI=1S/C8H7FO2.Na.H/c1-11-8(10)6-2-4-7(9)5-3-6;;/h2-5H,1H3;;. The SMILES string of the molecule is COC(=O)c1ccc(F)cc1.[NaH]. The van der Waals surface area contributed by atoms with Crippen LogP contribution in [0.15, 0.2) is 24.3 Å². The molecule has 0 aromatic heterocycles. The third kappa shape index (κ3) is 2.93. The average molecular weight is 178 g/mol. The van der Waals surface area contributed by atoms with Crippen LogP contribution < -0.4 is 0 Å². The zero-order valence-corrected chi connectivity index (χ0v) is 6.00. The molecule has 0 amide bonds. The van der Waals surface area contributed by atoms with Gasteiger partial charge in [0, 0.05) is 0 Å². The summed E-state index contributed by atoms with van der Waals surface area (Å²) >= 11 is 0. The van der Waals surface area contributed by atoms with E-state index < -0.39 is 5.97 Å². The van der Waals surface area contributed by atoms with Gasteiger partial charge in [0.05, 0.1) is 12.7 Å². The zero-order valence-electron chi connectivity index (χ0n) is 6.00. The van der Waals surface area contributed by atoms with E-state index in [1.165, 1.54) is 31.4 Å². The normalized spacial score (nSPS) is 8.50. The van der Waals surface area contributed by atoms with E-state index in [0.717, 1.165) is 0 Å². The molecule has 2 nitrogen and oxygen atoms in total. The van der Waals surface area contributed by atoms with Gasteiger partial charge in [0.25, 0.3) is 0 Å². The first-order valence-electron chi connectivity index (χ1n) is 3.08. The van der Waals surface area contributed by atoms with Crippen LogP contribution in [-0.2, 0) is 4.74 Å². The number of rotatable bonds is 1. The molecule has 0 spiro atoms. The Labute approximate surface area is 92.0 Å². The number of esters is 1. The predicted molar refractivity (Wildman–Crippen MR) is 44.9 cm³/mol. The summed E-state index contributed by atoms with van der Waals surface area (Å²) in [7, 11) is 1.28. The summed E-state index contributed by atoms with van der Waals surface area (Å²) in [4.78, 5) is 10.8. The van der Waals surface area contributed by atoms with E-state index in [9.17, 15) is 9.18 Å². The Kier molecular flexibility index (Phi) is 5.13. The van der Waals surface area contributed by atoms with Crippen LogP contribution in [0.4, 0.5) is 4.39 Å². The Morgan fingerprint density at radius 3 is 2.25 bits per heavy atom. The molecule has 0 heterocycles. The van der Waals surface area contributed by atoms with Crippen molar-refractivity contribution in [2.24, 2.45) is 0 Å². The Bertz CT molecular complexity index is 258. The predicted octanol–water partition coefficient (Wildman–Crippen LogP) is 0.964. The maximum atomic E-state index is 12.3. The molecule has 12 heavy (non-hydrogen) atoms. The molecule has 0 N–H and O–H groups in total. The monoisotopic (exact) mass is 178 g/mol. The van der Waals surface area contributed by atoms with Crippen LogP contribution in [0.1, 0.15) is 10.4 Å². The van der Waals surface area contributed by atoms with Gasteiger partial charge in [0.2, 0.25) is 0 Å². The number of halogens is 1. The van der Waals surface area contributed by atoms with Gasteiger partial charge in [-0.05, 0) is 24.3 Å². The molecule has 0 aliphatic rings. The van der Waals surface area contributed by atoms with Crippen molar-refractivity contribution in [2.75, 3.05) is 7.11 Å². The van der Waals surface area contributed by atoms with Crippen LogP contribution in [-0.4, -0.2) is 42.6 Å². The molecule has 0 radical (unpaired) electrons. The number of carbonyl (C=O) groups excluding carboxylic acids is 1. The quantitative estimate of drug-likeness (QED) is 0.473. The third-order valence-corrected chi connectivity index (χ3v) is 1.27. The molecule has 0 fully saturated rings. The third-order valence-electron chi connectivity index (χ3n) is 1.27. The molecule has 0 aliphatic carbocycles. The van der Waals surface area contributed by atoms with Gasteiger partial charge in [-0.25, -0.2) is 9.18 Å². The first-order chi connectivity index (χ1) is 5.24. The molecular formula is C8H8FNaO2. The van der Waals surface area contributed by atoms with E-state index in [2.05, 4.69) is 4.74 Å². The maximum absolute atomic E-state index is 12.3. The Hall–Kier alpha value is -0.380. The van der Waals surface area contributed by atoms with Crippen molar-refractivity contribution < 1.29 is 13.9 Å². The van der Waals surface area contributed by atoms with Crippen molar-refractivity contribution in [3.63, 3.8) is 0 Å². The number of benzene rings is 1. The second kappa shape index (κ2) is 5.30. The summed E-state index contributed by atoms with van der Waals surface area (Å²) in [6, 6.07) is 5.18. The molecule has 0 aliphatic heterocycles. The molecule has 0 atom stereocenters. The molecule has 1 aromatic carbocycles. The van der Waals surface area contributed by atoms with Gasteiger partial charge < -0.3 is 4.74 Å². The molecule has 60 valence electrons. The summed E-state index contributed by atoms with van der Waals surface area (Å²) < 4.78 is 16.7. The van der Waals surface area contributed by atoms with Crippen molar-refractivity contribution in [3.05, 3.63) is 35.6 Å². The van der Waals surface area contributed by atoms with Gasteiger partial charge in [-0.3, -0.25) is 0 Å². The van der Waals surface area contributed by atoms with E-state index in [-0.39, 0.29) is 35.4 Å². The Morgan fingerprint density at radius 1 is 1.33 bits per heavy atom. The van der Waals surface area contributed by atoms with Crippen LogP contribution in [0.3, 0.4) is 0 Å². The van der Waals surface area contributed by atoms with E-state index >= 15 is 0 Å². The Morgan fingerprint density at radius 2 is 1.83 bits per heavy atom. The van der Waals surface area contributed by atoms with Crippen LogP contribution >= 0.6 is 0 Å². The van der Waals surface area contributed by atoms with Crippen LogP contribution in [0.25, 0.3) is 0 Å². The van der Waals surface area contributed by atoms with E-state index in [1.807, 2.05) is 0 Å². The number of hydrogen-bond donors (Lipinski definition) is 0. The number of ether oxygens (including phenoxy) is 1. The summed E-state index contributed by atoms with van der Waals surface area (Å²) in [5.74, 6) is -0.817. The first-order valence-corrected chi connectivity index (χ1v) is 3.08. The van der Waals surface area contributed by atoms with Crippen molar-refractivity contribution in [3.8, 4) is 0 Å². The second-order valence-electron chi connectivity index (χ2n) is 2.00. The summed E-state index contributed by atoms with van der Waals surface area (Å²) in [5, 5.41) is 0. The van der Waals surface area contributed by atoms with Gasteiger partial charge in [-0.2, -0.15) is 0 Å². The Balaban J connectivity index is 0.00000121. The van der Waals surface area contributed by atoms with Crippen molar-refractivity contribution in [1.29, 1.82) is 0 Å². The molecule has 0 saturated heterocycles. The number of methoxy groups -OCH3 is 1. The fourth-order valence-corrected chi connectivity index (χ4v) is 0.704. The minimum absolute atomic E-state index is 0. The molecular weight excluding hydrogens is 170 g/mol. The average Bonchev–Trinajstić information content (AvgIpc) is 2.05. The van der Waals surface area contributed by atoms with Crippen molar-refractivity contribution >= 4 is 35.5 Å².